The standard InChI is InChI=1S/C27H31F3N6O3/c1-16-9-22(31-13-16)26(38)36-15-19(10-17-3-6-20(7-4-17)39-27(28,29)30)12-24(36)25(37)32-14-18-5-8-23-21(11-18)33-34-35(23)2/h3-8,11,16,19,22,24,31H,9-10,12-15H2,1-2H3,(H,32,37)/t16-,19-,22-,24+/m1/s1. The summed E-state index contributed by atoms with van der Waals surface area (Å²) in [5.74, 6) is -0.248. The van der Waals surface area contributed by atoms with Gasteiger partial charge in [-0.2, -0.15) is 0 Å². The molecule has 0 unspecified atom stereocenters. The molecule has 2 saturated heterocycles. The summed E-state index contributed by atoms with van der Waals surface area (Å²) in [6.45, 7) is 3.52. The third-order valence-electron chi connectivity index (χ3n) is 7.45. The first-order valence-electron chi connectivity index (χ1n) is 13.0. The Morgan fingerprint density at radius 1 is 1.13 bits per heavy atom. The van der Waals surface area contributed by atoms with Crippen molar-refractivity contribution in [1.29, 1.82) is 0 Å². The van der Waals surface area contributed by atoms with Gasteiger partial charge in [0.15, 0.2) is 0 Å². The largest absolute Gasteiger partial charge is 0.573 e. The second kappa shape index (κ2) is 10.8. The van der Waals surface area contributed by atoms with E-state index >= 15 is 0 Å². The van der Waals surface area contributed by atoms with Gasteiger partial charge in [-0.25, -0.2) is 4.68 Å². The molecule has 5 rings (SSSR count). The number of aromatic nitrogens is 3. The Morgan fingerprint density at radius 3 is 2.56 bits per heavy atom. The number of carbonyl (C=O) groups excluding carboxylic acids is 2. The van der Waals surface area contributed by atoms with Gasteiger partial charge in [-0.3, -0.25) is 9.59 Å². The monoisotopic (exact) mass is 544 g/mol. The molecule has 9 nitrogen and oxygen atoms in total. The first-order chi connectivity index (χ1) is 18.6. The number of likely N-dealkylation sites (tertiary alicyclic amines) is 1. The Balaban J connectivity index is 1.27. The van der Waals surface area contributed by atoms with Crippen molar-refractivity contribution in [2.75, 3.05) is 13.1 Å². The van der Waals surface area contributed by atoms with Gasteiger partial charge < -0.3 is 20.3 Å². The molecule has 12 heteroatoms. The van der Waals surface area contributed by atoms with Gasteiger partial charge in [-0.15, -0.1) is 18.3 Å². The lowest BCUT2D eigenvalue weighted by Gasteiger charge is -2.27. The number of aryl methyl sites for hydroxylation is 1. The lowest BCUT2D eigenvalue weighted by Crippen LogP contribution is -2.51. The molecule has 2 aliphatic heterocycles. The molecule has 3 aromatic rings. The number of carbonyl (C=O) groups is 2. The molecule has 3 heterocycles. The van der Waals surface area contributed by atoms with Crippen LogP contribution in [0.4, 0.5) is 13.2 Å². The third kappa shape index (κ3) is 6.32. The van der Waals surface area contributed by atoms with Crippen LogP contribution in [0.2, 0.25) is 0 Å². The van der Waals surface area contributed by atoms with Crippen LogP contribution >= 0.6 is 0 Å². The van der Waals surface area contributed by atoms with E-state index in [9.17, 15) is 22.8 Å². The predicted octanol–water partition coefficient (Wildman–Crippen LogP) is 2.94. The van der Waals surface area contributed by atoms with E-state index in [4.69, 9.17) is 0 Å². The minimum Gasteiger partial charge on any atom is -0.406 e. The summed E-state index contributed by atoms with van der Waals surface area (Å²) < 4.78 is 43.1. The normalized spacial score (nSPS) is 23.4. The molecule has 39 heavy (non-hydrogen) atoms. The number of hydrogen-bond acceptors (Lipinski definition) is 6. The molecular weight excluding hydrogens is 513 g/mol. The quantitative estimate of drug-likeness (QED) is 0.475. The topological polar surface area (TPSA) is 101 Å². The summed E-state index contributed by atoms with van der Waals surface area (Å²) in [4.78, 5) is 28.5. The Bertz CT molecular complexity index is 1340. The number of fused-ring (bicyclic) bond motifs is 1. The molecule has 2 amide bonds. The average molecular weight is 545 g/mol. The van der Waals surface area contributed by atoms with E-state index in [-0.39, 0.29) is 36.1 Å². The highest BCUT2D eigenvalue weighted by molar-refractivity contribution is 5.90. The van der Waals surface area contributed by atoms with Gasteiger partial charge in [-0.05, 0) is 73.0 Å². The van der Waals surface area contributed by atoms with Crippen molar-refractivity contribution in [3.63, 3.8) is 0 Å². The van der Waals surface area contributed by atoms with Gasteiger partial charge in [0.05, 0.1) is 11.6 Å². The maximum Gasteiger partial charge on any atom is 0.573 e. The number of rotatable bonds is 7. The number of benzene rings is 2. The average Bonchev–Trinajstić information content (AvgIpc) is 3.61. The maximum absolute atomic E-state index is 13.4. The summed E-state index contributed by atoms with van der Waals surface area (Å²) in [7, 11) is 1.81. The number of nitrogens with zero attached hydrogens (tertiary/aromatic N) is 4. The van der Waals surface area contributed by atoms with Gasteiger partial charge in [0.25, 0.3) is 0 Å². The van der Waals surface area contributed by atoms with E-state index < -0.39 is 12.4 Å². The first-order valence-corrected chi connectivity index (χ1v) is 13.0. The molecule has 0 aliphatic carbocycles. The lowest BCUT2D eigenvalue weighted by atomic mass is 9.96. The molecule has 2 fully saturated rings. The molecule has 4 atom stereocenters. The van der Waals surface area contributed by atoms with Gasteiger partial charge in [0, 0.05) is 20.1 Å². The first kappa shape index (κ1) is 26.9. The van der Waals surface area contributed by atoms with Crippen LogP contribution in [0.3, 0.4) is 0 Å². The molecule has 208 valence electrons. The Kier molecular flexibility index (Phi) is 7.48. The second-order valence-electron chi connectivity index (χ2n) is 10.6. The molecule has 1 aromatic heterocycles. The van der Waals surface area contributed by atoms with Gasteiger partial charge >= 0.3 is 6.36 Å². The smallest absolute Gasteiger partial charge is 0.406 e. The van der Waals surface area contributed by atoms with Crippen molar-refractivity contribution in [2.24, 2.45) is 18.9 Å². The van der Waals surface area contributed by atoms with Crippen LogP contribution in [0.1, 0.15) is 30.9 Å². The highest BCUT2D eigenvalue weighted by atomic mass is 19.4. The van der Waals surface area contributed by atoms with Crippen LogP contribution in [0, 0.1) is 11.8 Å². The summed E-state index contributed by atoms with van der Waals surface area (Å²) in [5.41, 5.74) is 3.30. The van der Waals surface area contributed by atoms with Crippen LogP contribution < -0.4 is 15.4 Å². The highest BCUT2D eigenvalue weighted by Crippen LogP contribution is 2.30. The fraction of sp³-hybridized carbons (Fsp3) is 0.481. The van der Waals surface area contributed by atoms with E-state index in [0.29, 0.717) is 31.7 Å². The minimum absolute atomic E-state index is 0.0196. The fourth-order valence-electron chi connectivity index (χ4n) is 5.53. The highest BCUT2D eigenvalue weighted by Gasteiger charge is 2.42. The molecule has 2 N–H and O–H groups in total. The van der Waals surface area contributed by atoms with Crippen LogP contribution in [0.25, 0.3) is 11.0 Å². The van der Waals surface area contributed by atoms with E-state index in [1.165, 1.54) is 12.1 Å². The predicted molar refractivity (Wildman–Crippen MR) is 136 cm³/mol. The SMILES string of the molecule is C[C@H]1CN[C@@H](C(=O)N2C[C@H](Cc3ccc(OC(F)(F)F)cc3)C[C@H]2C(=O)NCc2ccc3c(c2)nnn3C)C1. The van der Waals surface area contributed by atoms with Crippen LogP contribution in [-0.4, -0.2) is 63.2 Å². The van der Waals surface area contributed by atoms with Crippen LogP contribution in [-0.2, 0) is 29.6 Å². The summed E-state index contributed by atoms with van der Waals surface area (Å²) >= 11 is 0. The van der Waals surface area contributed by atoms with Crippen molar-refractivity contribution in [3.8, 4) is 5.75 Å². The molecule has 0 spiro atoms. The van der Waals surface area contributed by atoms with Crippen molar-refractivity contribution in [3.05, 3.63) is 53.6 Å². The minimum atomic E-state index is -4.75. The number of nitrogens with one attached hydrogen (secondary N) is 2. The molecule has 0 saturated carbocycles. The summed E-state index contributed by atoms with van der Waals surface area (Å²) in [6, 6.07) is 10.5. The van der Waals surface area contributed by atoms with Crippen molar-refractivity contribution < 1.29 is 27.5 Å². The number of hydrogen-bond donors (Lipinski definition) is 2. The van der Waals surface area contributed by atoms with Gasteiger partial charge in [0.2, 0.25) is 11.8 Å². The Morgan fingerprint density at radius 2 is 1.87 bits per heavy atom. The van der Waals surface area contributed by atoms with E-state index in [2.05, 4.69) is 32.6 Å². The zero-order chi connectivity index (χ0) is 27.7. The number of ether oxygens (including phenoxy) is 1. The summed E-state index contributed by atoms with van der Waals surface area (Å²) in [5, 5.41) is 14.4. The van der Waals surface area contributed by atoms with Gasteiger partial charge in [-0.1, -0.05) is 30.3 Å². The molecular formula is C27H31F3N6O3. The molecule has 0 radical (unpaired) electrons. The van der Waals surface area contributed by atoms with Crippen molar-refractivity contribution in [2.45, 2.75) is 51.2 Å². The Labute approximate surface area is 223 Å². The number of halogens is 3. The van der Waals surface area contributed by atoms with Crippen LogP contribution in [0.15, 0.2) is 42.5 Å². The fourth-order valence-corrected chi connectivity index (χ4v) is 5.53. The maximum atomic E-state index is 13.4. The number of alkyl halides is 3. The molecule has 2 aliphatic rings. The Hall–Kier alpha value is -3.67. The lowest BCUT2D eigenvalue weighted by molar-refractivity contribution is -0.274. The third-order valence-corrected chi connectivity index (χ3v) is 7.45. The van der Waals surface area contributed by atoms with E-state index in [1.807, 2.05) is 25.2 Å². The van der Waals surface area contributed by atoms with Crippen molar-refractivity contribution in [1.82, 2.24) is 30.5 Å². The zero-order valence-electron chi connectivity index (χ0n) is 21.7. The van der Waals surface area contributed by atoms with Crippen molar-refractivity contribution >= 4 is 22.8 Å². The zero-order valence-corrected chi connectivity index (χ0v) is 21.7. The van der Waals surface area contributed by atoms with Crippen LogP contribution in [0.5, 0.6) is 5.75 Å². The second-order valence-corrected chi connectivity index (χ2v) is 10.6. The van der Waals surface area contributed by atoms with Gasteiger partial charge in [0.1, 0.15) is 17.3 Å². The molecule has 2 aromatic carbocycles. The van der Waals surface area contributed by atoms with E-state index in [0.717, 1.165) is 28.7 Å². The van der Waals surface area contributed by atoms with E-state index in [1.54, 1.807) is 21.7 Å². The summed E-state index contributed by atoms with van der Waals surface area (Å²) in [6.07, 6.45) is -3.05. The molecule has 0 bridgehead atoms. The number of amides is 2.